The van der Waals surface area contributed by atoms with Crippen LogP contribution in [-0.4, -0.2) is 20.0 Å². The molecule has 0 aromatic heterocycles. The Labute approximate surface area is 134 Å². The number of amides is 1. The normalized spacial score (nSPS) is 10.7. The maximum Gasteiger partial charge on any atom is 0.221 e. The number of rotatable bonds is 4. The standard InChI is InChI=1S/C16H17ClN4O/c1-11(22)18-16-10-12(17)4-9-15(16)20-19-13-5-7-14(8-6-13)21(2)3/h4-10H,1-3H3,(H,18,22). The number of hydrogen-bond donors (Lipinski definition) is 1. The van der Waals surface area contributed by atoms with Crippen LogP contribution in [0, 0.1) is 0 Å². The molecular weight excluding hydrogens is 300 g/mol. The lowest BCUT2D eigenvalue weighted by molar-refractivity contribution is -0.114. The molecule has 5 nitrogen and oxygen atoms in total. The largest absolute Gasteiger partial charge is 0.378 e. The van der Waals surface area contributed by atoms with E-state index in [2.05, 4.69) is 15.5 Å². The predicted octanol–water partition coefficient (Wildman–Crippen LogP) is 4.78. The third kappa shape index (κ3) is 4.30. The highest BCUT2D eigenvalue weighted by Gasteiger charge is 2.04. The third-order valence-electron chi connectivity index (χ3n) is 2.91. The van der Waals surface area contributed by atoms with E-state index in [-0.39, 0.29) is 5.91 Å². The van der Waals surface area contributed by atoms with Crippen LogP contribution in [0.4, 0.5) is 22.7 Å². The second-order valence-corrected chi connectivity index (χ2v) is 5.39. The van der Waals surface area contributed by atoms with Gasteiger partial charge in [0.2, 0.25) is 5.91 Å². The first kappa shape index (κ1) is 16.0. The number of hydrogen-bond acceptors (Lipinski definition) is 4. The van der Waals surface area contributed by atoms with Crippen molar-refractivity contribution in [3.05, 3.63) is 47.5 Å². The molecule has 0 spiro atoms. The summed E-state index contributed by atoms with van der Waals surface area (Å²) in [5.41, 5.74) is 2.91. The lowest BCUT2D eigenvalue weighted by Crippen LogP contribution is -2.07. The highest BCUT2D eigenvalue weighted by molar-refractivity contribution is 6.31. The van der Waals surface area contributed by atoms with Gasteiger partial charge in [-0.25, -0.2) is 0 Å². The molecule has 0 saturated carbocycles. The van der Waals surface area contributed by atoms with Gasteiger partial charge in [0.15, 0.2) is 0 Å². The Balaban J connectivity index is 2.23. The van der Waals surface area contributed by atoms with Gasteiger partial charge in [-0.3, -0.25) is 4.79 Å². The Morgan fingerprint density at radius 2 is 1.77 bits per heavy atom. The van der Waals surface area contributed by atoms with Crippen molar-refractivity contribution in [2.75, 3.05) is 24.3 Å². The molecule has 2 aromatic rings. The molecule has 22 heavy (non-hydrogen) atoms. The van der Waals surface area contributed by atoms with Gasteiger partial charge in [-0.1, -0.05) is 11.6 Å². The summed E-state index contributed by atoms with van der Waals surface area (Å²) in [7, 11) is 3.95. The van der Waals surface area contributed by atoms with E-state index >= 15 is 0 Å². The van der Waals surface area contributed by atoms with Crippen LogP contribution < -0.4 is 10.2 Å². The summed E-state index contributed by atoms with van der Waals surface area (Å²) in [6.07, 6.45) is 0. The fraction of sp³-hybridized carbons (Fsp3) is 0.188. The molecule has 0 fully saturated rings. The summed E-state index contributed by atoms with van der Waals surface area (Å²) < 4.78 is 0. The van der Waals surface area contributed by atoms with Crippen molar-refractivity contribution in [1.82, 2.24) is 0 Å². The molecular formula is C16H17ClN4O. The van der Waals surface area contributed by atoms with Gasteiger partial charge in [-0.15, -0.1) is 5.11 Å². The number of carbonyl (C=O) groups is 1. The van der Waals surface area contributed by atoms with Gasteiger partial charge < -0.3 is 10.2 Å². The van der Waals surface area contributed by atoms with Crippen LogP contribution in [0.5, 0.6) is 0 Å². The molecule has 0 saturated heterocycles. The minimum absolute atomic E-state index is 0.186. The van der Waals surface area contributed by atoms with Crippen LogP contribution in [0.25, 0.3) is 0 Å². The van der Waals surface area contributed by atoms with E-state index in [1.807, 2.05) is 43.3 Å². The van der Waals surface area contributed by atoms with Crippen molar-refractivity contribution in [1.29, 1.82) is 0 Å². The second kappa shape index (κ2) is 7.04. The summed E-state index contributed by atoms with van der Waals surface area (Å²) in [6.45, 7) is 1.43. The van der Waals surface area contributed by atoms with E-state index in [1.54, 1.807) is 18.2 Å². The van der Waals surface area contributed by atoms with Crippen molar-refractivity contribution in [2.24, 2.45) is 10.2 Å². The Bertz CT molecular complexity index is 696. The van der Waals surface area contributed by atoms with Crippen LogP contribution in [0.2, 0.25) is 5.02 Å². The van der Waals surface area contributed by atoms with E-state index in [0.717, 1.165) is 11.4 Å². The first-order valence-corrected chi connectivity index (χ1v) is 7.10. The van der Waals surface area contributed by atoms with Gasteiger partial charge in [0.25, 0.3) is 0 Å². The van der Waals surface area contributed by atoms with Crippen molar-refractivity contribution in [3.63, 3.8) is 0 Å². The zero-order valence-corrected chi connectivity index (χ0v) is 13.4. The minimum Gasteiger partial charge on any atom is -0.378 e. The number of azo groups is 1. The fourth-order valence-corrected chi connectivity index (χ4v) is 1.99. The maximum atomic E-state index is 11.2. The molecule has 0 bridgehead atoms. The molecule has 0 heterocycles. The summed E-state index contributed by atoms with van der Waals surface area (Å²) in [4.78, 5) is 13.2. The van der Waals surface area contributed by atoms with Crippen LogP contribution >= 0.6 is 11.6 Å². The van der Waals surface area contributed by atoms with Crippen molar-refractivity contribution < 1.29 is 4.79 Å². The molecule has 1 N–H and O–H groups in total. The van der Waals surface area contributed by atoms with Crippen molar-refractivity contribution in [3.8, 4) is 0 Å². The number of nitrogens with one attached hydrogen (secondary N) is 1. The van der Waals surface area contributed by atoms with E-state index in [1.165, 1.54) is 6.92 Å². The van der Waals surface area contributed by atoms with Crippen LogP contribution in [0.3, 0.4) is 0 Å². The molecule has 114 valence electrons. The van der Waals surface area contributed by atoms with Crippen LogP contribution in [0.15, 0.2) is 52.7 Å². The highest BCUT2D eigenvalue weighted by atomic mass is 35.5. The number of carbonyl (C=O) groups excluding carboxylic acids is 1. The van der Waals surface area contributed by atoms with Gasteiger partial charge in [0, 0.05) is 31.7 Å². The van der Waals surface area contributed by atoms with Gasteiger partial charge >= 0.3 is 0 Å². The predicted molar refractivity (Wildman–Crippen MR) is 90.7 cm³/mol. The topological polar surface area (TPSA) is 57.1 Å². The van der Waals surface area contributed by atoms with Gasteiger partial charge in [-0.2, -0.15) is 5.11 Å². The highest BCUT2D eigenvalue weighted by Crippen LogP contribution is 2.30. The number of benzene rings is 2. The molecule has 2 aromatic carbocycles. The molecule has 0 atom stereocenters. The minimum atomic E-state index is -0.186. The molecule has 1 amide bonds. The Morgan fingerprint density at radius 3 is 2.36 bits per heavy atom. The fourth-order valence-electron chi connectivity index (χ4n) is 1.81. The Hall–Kier alpha value is -2.40. The number of halogens is 1. The van der Waals surface area contributed by atoms with E-state index in [9.17, 15) is 4.79 Å². The SMILES string of the molecule is CC(=O)Nc1cc(Cl)ccc1N=Nc1ccc(N(C)C)cc1. The van der Waals surface area contributed by atoms with E-state index < -0.39 is 0 Å². The quantitative estimate of drug-likeness (QED) is 0.825. The molecule has 0 radical (unpaired) electrons. The Kier molecular flexibility index (Phi) is 5.12. The zero-order chi connectivity index (χ0) is 16.1. The lowest BCUT2D eigenvalue weighted by atomic mass is 10.2. The monoisotopic (exact) mass is 316 g/mol. The average Bonchev–Trinajstić information content (AvgIpc) is 2.46. The smallest absolute Gasteiger partial charge is 0.221 e. The van der Waals surface area contributed by atoms with Crippen molar-refractivity contribution in [2.45, 2.75) is 6.92 Å². The van der Waals surface area contributed by atoms with Crippen LogP contribution in [0.1, 0.15) is 6.92 Å². The zero-order valence-electron chi connectivity index (χ0n) is 12.7. The summed E-state index contributed by atoms with van der Waals surface area (Å²) >= 11 is 5.94. The van der Waals surface area contributed by atoms with Gasteiger partial charge in [0.05, 0.1) is 11.4 Å². The molecule has 2 rings (SSSR count). The van der Waals surface area contributed by atoms with E-state index in [0.29, 0.717) is 16.4 Å². The second-order valence-electron chi connectivity index (χ2n) is 4.95. The molecule has 6 heteroatoms. The Morgan fingerprint density at radius 1 is 1.09 bits per heavy atom. The first-order valence-electron chi connectivity index (χ1n) is 6.72. The molecule has 0 aliphatic carbocycles. The van der Waals surface area contributed by atoms with Gasteiger partial charge in [-0.05, 0) is 42.5 Å². The third-order valence-corrected chi connectivity index (χ3v) is 3.14. The van der Waals surface area contributed by atoms with E-state index in [4.69, 9.17) is 11.6 Å². The summed E-state index contributed by atoms with van der Waals surface area (Å²) in [6, 6.07) is 12.8. The van der Waals surface area contributed by atoms with Crippen LogP contribution in [-0.2, 0) is 4.79 Å². The number of nitrogens with zero attached hydrogens (tertiary/aromatic N) is 3. The summed E-state index contributed by atoms with van der Waals surface area (Å²) in [5, 5.41) is 11.6. The summed E-state index contributed by atoms with van der Waals surface area (Å²) in [5.74, 6) is -0.186. The number of anilines is 2. The molecule has 0 unspecified atom stereocenters. The lowest BCUT2D eigenvalue weighted by Gasteiger charge is -2.11. The van der Waals surface area contributed by atoms with Gasteiger partial charge in [0.1, 0.15) is 5.69 Å². The maximum absolute atomic E-state index is 11.2. The van der Waals surface area contributed by atoms with Crippen molar-refractivity contribution >= 4 is 40.3 Å². The molecule has 0 aliphatic rings. The first-order chi connectivity index (χ1) is 10.5. The average molecular weight is 317 g/mol. The molecule has 0 aliphatic heterocycles.